The molecule has 0 saturated heterocycles. The summed E-state index contributed by atoms with van der Waals surface area (Å²) >= 11 is 1.43. The number of aromatic nitrogens is 2. The molecule has 0 aliphatic rings. The Balaban J connectivity index is 1.93. The lowest BCUT2D eigenvalue weighted by molar-refractivity contribution is -0.119. The van der Waals surface area contributed by atoms with Crippen molar-refractivity contribution in [2.24, 2.45) is 5.92 Å². The Hall–Kier alpha value is -1.88. The minimum atomic E-state index is -0.0666. The Morgan fingerprint density at radius 3 is 2.43 bits per heavy atom. The van der Waals surface area contributed by atoms with Gasteiger partial charge in [-0.05, 0) is 30.2 Å². The van der Waals surface area contributed by atoms with Crippen molar-refractivity contribution in [3.05, 3.63) is 54.5 Å². The fourth-order valence-electron chi connectivity index (χ4n) is 1.93. The van der Waals surface area contributed by atoms with Crippen LogP contribution in [0, 0.1) is 5.92 Å². The predicted octanol–water partition coefficient (Wildman–Crippen LogP) is 3.08. The van der Waals surface area contributed by atoms with Gasteiger partial charge >= 0.3 is 0 Å². The first-order chi connectivity index (χ1) is 10.2. The number of nitrogens with one attached hydrogen (secondary N) is 1. The third-order valence-electron chi connectivity index (χ3n) is 2.98. The van der Waals surface area contributed by atoms with Gasteiger partial charge in [-0.15, -0.1) is 0 Å². The number of pyridine rings is 2. The van der Waals surface area contributed by atoms with Crippen LogP contribution in [0.25, 0.3) is 0 Å². The van der Waals surface area contributed by atoms with Gasteiger partial charge in [-0.2, -0.15) is 0 Å². The van der Waals surface area contributed by atoms with Gasteiger partial charge in [-0.25, -0.2) is 4.98 Å². The van der Waals surface area contributed by atoms with E-state index in [0.29, 0.717) is 5.75 Å². The van der Waals surface area contributed by atoms with Crippen molar-refractivity contribution in [3.8, 4) is 0 Å². The molecule has 1 atom stereocenters. The average molecular weight is 301 g/mol. The summed E-state index contributed by atoms with van der Waals surface area (Å²) < 4.78 is 0. The van der Waals surface area contributed by atoms with E-state index in [1.54, 1.807) is 12.4 Å². The minimum absolute atomic E-state index is 0.00462. The summed E-state index contributed by atoms with van der Waals surface area (Å²) in [6.07, 6.45) is 3.48. The number of thioether (sulfide) groups is 1. The van der Waals surface area contributed by atoms with Crippen molar-refractivity contribution in [1.82, 2.24) is 15.3 Å². The standard InChI is InChI=1S/C16H19N3OS/c1-12(2)16(13-7-3-5-9-17-13)19-14(20)11-21-15-8-4-6-10-18-15/h3-10,12,16H,11H2,1-2H3,(H,19,20). The number of nitrogens with zero attached hydrogens (tertiary/aromatic N) is 2. The molecule has 2 aromatic rings. The van der Waals surface area contributed by atoms with E-state index in [2.05, 4.69) is 29.1 Å². The Bertz CT molecular complexity index is 560. The Morgan fingerprint density at radius 2 is 1.86 bits per heavy atom. The van der Waals surface area contributed by atoms with Crippen molar-refractivity contribution >= 4 is 17.7 Å². The lowest BCUT2D eigenvalue weighted by atomic mass is 10.0. The predicted molar refractivity (Wildman–Crippen MR) is 84.9 cm³/mol. The zero-order valence-corrected chi connectivity index (χ0v) is 13.0. The molecule has 4 nitrogen and oxygen atoms in total. The van der Waals surface area contributed by atoms with Gasteiger partial charge in [-0.3, -0.25) is 9.78 Å². The van der Waals surface area contributed by atoms with Crippen LogP contribution in [0.15, 0.2) is 53.8 Å². The zero-order valence-electron chi connectivity index (χ0n) is 12.2. The summed E-state index contributed by atoms with van der Waals surface area (Å²) in [5.74, 6) is 0.631. The topological polar surface area (TPSA) is 54.9 Å². The highest BCUT2D eigenvalue weighted by Crippen LogP contribution is 2.20. The molecule has 0 aliphatic carbocycles. The molecule has 1 N–H and O–H groups in total. The molecule has 2 heterocycles. The van der Waals surface area contributed by atoms with Crippen molar-refractivity contribution in [2.75, 3.05) is 5.75 Å². The smallest absolute Gasteiger partial charge is 0.230 e. The lowest BCUT2D eigenvalue weighted by Crippen LogP contribution is -2.33. The van der Waals surface area contributed by atoms with Crippen molar-refractivity contribution in [1.29, 1.82) is 0 Å². The largest absolute Gasteiger partial charge is 0.347 e. The number of amides is 1. The molecular formula is C16H19N3OS. The molecule has 5 heteroatoms. The zero-order chi connectivity index (χ0) is 15.1. The number of hydrogen-bond donors (Lipinski definition) is 1. The van der Waals surface area contributed by atoms with Crippen molar-refractivity contribution in [2.45, 2.75) is 24.9 Å². The summed E-state index contributed by atoms with van der Waals surface area (Å²) in [4.78, 5) is 20.6. The molecular weight excluding hydrogens is 282 g/mol. The maximum Gasteiger partial charge on any atom is 0.230 e. The van der Waals surface area contributed by atoms with Crippen LogP contribution in [0.5, 0.6) is 0 Å². The normalized spacial score (nSPS) is 12.1. The summed E-state index contributed by atoms with van der Waals surface area (Å²) in [6, 6.07) is 11.4. The average Bonchev–Trinajstić information content (AvgIpc) is 2.52. The van der Waals surface area contributed by atoms with Crippen LogP contribution in [0.2, 0.25) is 0 Å². The summed E-state index contributed by atoms with van der Waals surface area (Å²) in [5.41, 5.74) is 0.892. The second kappa shape index (κ2) is 7.78. The van der Waals surface area contributed by atoms with Gasteiger partial charge in [0.05, 0.1) is 22.5 Å². The molecule has 1 unspecified atom stereocenters. The number of hydrogen-bond acceptors (Lipinski definition) is 4. The van der Waals surface area contributed by atoms with Crippen molar-refractivity contribution in [3.63, 3.8) is 0 Å². The fourth-order valence-corrected chi connectivity index (χ4v) is 2.60. The van der Waals surface area contributed by atoms with E-state index in [1.165, 1.54) is 11.8 Å². The maximum atomic E-state index is 12.1. The summed E-state index contributed by atoms with van der Waals surface area (Å²) in [6.45, 7) is 4.15. The molecule has 0 radical (unpaired) electrons. The van der Waals surface area contributed by atoms with Crippen LogP contribution in [0.4, 0.5) is 0 Å². The first-order valence-corrected chi connectivity index (χ1v) is 7.89. The van der Waals surface area contributed by atoms with Gasteiger partial charge in [0.15, 0.2) is 0 Å². The third kappa shape index (κ3) is 4.86. The molecule has 0 aliphatic heterocycles. The van der Waals surface area contributed by atoms with Gasteiger partial charge in [0, 0.05) is 12.4 Å². The maximum absolute atomic E-state index is 12.1. The molecule has 110 valence electrons. The van der Waals surface area contributed by atoms with E-state index >= 15 is 0 Å². The van der Waals surface area contributed by atoms with E-state index < -0.39 is 0 Å². The SMILES string of the molecule is CC(C)C(NC(=O)CSc1ccccn1)c1ccccn1. The quantitative estimate of drug-likeness (QED) is 0.833. The van der Waals surface area contributed by atoms with Gasteiger partial charge in [-0.1, -0.05) is 37.7 Å². The molecule has 2 aromatic heterocycles. The molecule has 2 rings (SSSR count). The fraction of sp³-hybridized carbons (Fsp3) is 0.312. The van der Waals surface area contributed by atoms with Crippen LogP contribution in [0.1, 0.15) is 25.6 Å². The lowest BCUT2D eigenvalue weighted by Gasteiger charge is -2.21. The van der Waals surface area contributed by atoms with Gasteiger partial charge in [0.2, 0.25) is 5.91 Å². The van der Waals surface area contributed by atoms with Gasteiger partial charge < -0.3 is 5.32 Å². The Kier molecular flexibility index (Phi) is 5.75. The van der Waals surface area contributed by atoms with E-state index in [0.717, 1.165) is 10.7 Å². The Labute approximate surface area is 129 Å². The highest BCUT2D eigenvalue weighted by atomic mass is 32.2. The first-order valence-electron chi connectivity index (χ1n) is 6.91. The highest BCUT2D eigenvalue weighted by Gasteiger charge is 2.19. The molecule has 0 saturated carbocycles. The number of carbonyl (C=O) groups excluding carboxylic acids is 1. The number of carbonyl (C=O) groups is 1. The van der Waals surface area contributed by atoms with Crippen LogP contribution in [-0.4, -0.2) is 21.6 Å². The minimum Gasteiger partial charge on any atom is -0.347 e. The van der Waals surface area contributed by atoms with E-state index in [1.807, 2.05) is 36.4 Å². The van der Waals surface area contributed by atoms with Gasteiger partial charge in [0.25, 0.3) is 0 Å². The summed E-state index contributed by atoms with van der Waals surface area (Å²) in [5, 5.41) is 3.91. The molecule has 21 heavy (non-hydrogen) atoms. The van der Waals surface area contributed by atoms with E-state index in [4.69, 9.17) is 0 Å². The molecule has 1 amide bonds. The van der Waals surface area contributed by atoms with Crippen LogP contribution in [0.3, 0.4) is 0 Å². The first kappa shape index (κ1) is 15.5. The highest BCUT2D eigenvalue weighted by molar-refractivity contribution is 7.99. The van der Waals surface area contributed by atoms with Crippen LogP contribution >= 0.6 is 11.8 Å². The molecule has 0 aromatic carbocycles. The third-order valence-corrected chi connectivity index (χ3v) is 3.92. The second-order valence-electron chi connectivity index (χ2n) is 5.00. The van der Waals surface area contributed by atoms with Crippen LogP contribution in [-0.2, 0) is 4.79 Å². The van der Waals surface area contributed by atoms with E-state index in [-0.39, 0.29) is 17.9 Å². The molecule has 0 spiro atoms. The summed E-state index contributed by atoms with van der Waals surface area (Å²) in [7, 11) is 0. The van der Waals surface area contributed by atoms with Crippen molar-refractivity contribution < 1.29 is 4.79 Å². The van der Waals surface area contributed by atoms with Crippen LogP contribution < -0.4 is 5.32 Å². The second-order valence-corrected chi connectivity index (χ2v) is 6.00. The molecule has 0 fully saturated rings. The number of rotatable bonds is 6. The molecule has 0 bridgehead atoms. The van der Waals surface area contributed by atoms with Gasteiger partial charge in [0.1, 0.15) is 0 Å². The van der Waals surface area contributed by atoms with E-state index in [9.17, 15) is 4.79 Å². The monoisotopic (exact) mass is 301 g/mol. The Morgan fingerprint density at radius 1 is 1.14 bits per heavy atom.